The van der Waals surface area contributed by atoms with E-state index in [2.05, 4.69) is 5.32 Å². The molecule has 15 heavy (non-hydrogen) atoms. The molecule has 0 rings (SSSR count). The lowest BCUT2D eigenvalue weighted by Gasteiger charge is -2.10. The number of hydrogen-bond donors (Lipinski definition) is 1. The van der Waals surface area contributed by atoms with Crippen LogP contribution in [0.1, 0.15) is 13.3 Å². The quantitative estimate of drug-likeness (QED) is 0.602. The monoisotopic (exact) mass is 235 g/mol. The van der Waals surface area contributed by atoms with E-state index in [1.807, 2.05) is 7.05 Å². The second-order valence-electron chi connectivity index (χ2n) is 3.11. The van der Waals surface area contributed by atoms with Crippen molar-refractivity contribution in [2.75, 3.05) is 39.7 Å². The van der Waals surface area contributed by atoms with Crippen molar-refractivity contribution in [1.82, 2.24) is 5.32 Å². The molecule has 0 fully saturated rings. The molecule has 0 heterocycles. The highest BCUT2D eigenvalue weighted by molar-refractivity contribution is 8.13. The van der Waals surface area contributed by atoms with Gasteiger partial charge in [-0.3, -0.25) is 4.79 Å². The Morgan fingerprint density at radius 3 is 2.73 bits per heavy atom. The number of carbonyl (C=O) groups is 1. The minimum Gasteiger partial charge on any atom is -0.380 e. The fourth-order valence-corrected chi connectivity index (χ4v) is 1.33. The lowest BCUT2D eigenvalue weighted by Crippen LogP contribution is -2.19. The number of nitrogens with one attached hydrogen (secondary N) is 1. The number of ether oxygens (including phenoxy) is 2. The molecule has 0 unspecified atom stereocenters. The second-order valence-corrected chi connectivity index (χ2v) is 3.92. The molecule has 0 saturated carbocycles. The standard InChI is InChI=1S/C10H21NO3S/c1-9(10(12)15-3)14-7-4-6-13-8-5-11-2/h9,11H,4-8H2,1-3H3/t9-/m0/s1. The molecule has 0 aliphatic rings. The Balaban J connectivity index is 3.20. The minimum atomic E-state index is -0.308. The predicted molar refractivity (Wildman–Crippen MR) is 63.3 cm³/mol. The molecule has 4 nitrogen and oxygen atoms in total. The van der Waals surface area contributed by atoms with E-state index in [4.69, 9.17) is 9.47 Å². The van der Waals surface area contributed by atoms with E-state index in [1.54, 1.807) is 13.2 Å². The van der Waals surface area contributed by atoms with E-state index in [1.165, 1.54) is 11.8 Å². The average molecular weight is 235 g/mol. The van der Waals surface area contributed by atoms with Crippen LogP contribution in [0.15, 0.2) is 0 Å². The fourth-order valence-electron chi connectivity index (χ4n) is 0.931. The first kappa shape index (κ1) is 14.9. The molecule has 0 aliphatic heterocycles. The van der Waals surface area contributed by atoms with Crippen LogP contribution < -0.4 is 5.32 Å². The smallest absolute Gasteiger partial charge is 0.217 e. The van der Waals surface area contributed by atoms with Gasteiger partial charge in [-0.25, -0.2) is 0 Å². The summed E-state index contributed by atoms with van der Waals surface area (Å²) in [5, 5.41) is 3.07. The maximum Gasteiger partial charge on any atom is 0.217 e. The van der Waals surface area contributed by atoms with Crippen molar-refractivity contribution in [3.8, 4) is 0 Å². The fraction of sp³-hybridized carbons (Fsp3) is 0.900. The lowest BCUT2D eigenvalue weighted by molar-refractivity contribution is -0.120. The van der Waals surface area contributed by atoms with Crippen LogP contribution in [0.2, 0.25) is 0 Å². The molecule has 1 atom stereocenters. The maximum absolute atomic E-state index is 11.1. The molecule has 1 N–H and O–H groups in total. The van der Waals surface area contributed by atoms with Gasteiger partial charge in [0.25, 0.3) is 0 Å². The normalized spacial score (nSPS) is 12.7. The van der Waals surface area contributed by atoms with Crippen LogP contribution in [0.4, 0.5) is 0 Å². The zero-order valence-corrected chi connectivity index (χ0v) is 10.6. The average Bonchev–Trinajstić information content (AvgIpc) is 2.26. The summed E-state index contributed by atoms with van der Waals surface area (Å²) >= 11 is 1.20. The highest BCUT2D eigenvalue weighted by atomic mass is 32.2. The van der Waals surface area contributed by atoms with Gasteiger partial charge in [0.15, 0.2) is 0 Å². The van der Waals surface area contributed by atoms with E-state index in [0.717, 1.165) is 19.6 Å². The highest BCUT2D eigenvalue weighted by Gasteiger charge is 2.10. The first-order valence-electron chi connectivity index (χ1n) is 5.14. The molecule has 5 heteroatoms. The molecule has 0 radical (unpaired) electrons. The van der Waals surface area contributed by atoms with Crippen LogP contribution in [-0.4, -0.2) is 50.9 Å². The molecular formula is C10H21NO3S. The van der Waals surface area contributed by atoms with Gasteiger partial charge in [0.2, 0.25) is 5.12 Å². The van der Waals surface area contributed by atoms with E-state index in [-0.39, 0.29) is 11.2 Å². The minimum absolute atomic E-state index is 0.0751. The van der Waals surface area contributed by atoms with Crippen LogP contribution in [0.25, 0.3) is 0 Å². The molecule has 0 aromatic rings. The first-order valence-corrected chi connectivity index (χ1v) is 6.36. The van der Waals surface area contributed by atoms with E-state index in [9.17, 15) is 4.79 Å². The van der Waals surface area contributed by atoms with Gasteiger partial charge in [-0.1, -0.05) is 11.8 Å². The summed E-state index contributed by atoms with van der Waals surface area (Å²) in [6, 6.07) is 0. The summed E-state index contributed by atoms with van der Waals surface area (Å²) < 4.78 is 10.6. The van der Waals surface area contributed by atoms with Crippen molar-refractivity contribution in [3.63, 3.8) is 0 Å². The largest absolute Gasteiger partial charge is 0.380 e. The molecule has 0 saturated heterocycles. The number of likely N-dealkylation sites (N-methyl/N-ethyl adjacent to an activating group) is 1. The SMILES string of the molecule is CNCCOCCCO[C@@H](C)C(=O)SC. The molecule has 0 amide bonds. The summed E-state index contributed by atoms with van der Waals surface area (Å²) in [5.41, 5.74) is 0. The highest BCUT2D eigenvalue weighted by Crippen LogP contribution is 2.04. The summed E-state index contributed by atoms with van der Waals surface area (Å²) in [5.74, 6) is 0. The molecular weight excluding hydrogens is 214 g/mol. The summed E-state index contributed by atoms with van der Waals surface area (Å²) in [7, 11) is 1.89. The second kappa shape index (κ2) is 10.4. The predicted octanol–water partition coefficient (Wildman–Crippen LogP) is 0.907. The third kappa shape index (κ3) is 8.87. The zero-order chi connectivity index (χ0) is 11.5. The van der Waals surface area contributed by atoms with Crippen molar-refractivity contribution < 1.29 is 14.3 Å². The van der Waals surface area contributed by atoms with Crippen molar-refractivity contribution in [2.24, 2.45) is 0 Å². The van der Waals surface area contributed by atoms with Crippen LogP contribution in [-0.2, 0) is 14.3 Å². The molecule has 0 spiro atoms. The number of carbonyl (C=O) groups excluding carboxylic acids is 1. The van der Waals surface area contributed by atoms with Crippen molar-refractivity contribution in [1.29, 1.82) is 0 Å². The molecule has 0 aromatic carbocycles. The topological polar surface area (TPSA) is 47.6 Å². The Hall–Kier alpha value is -0.100. The number of thioether (sulfide) groups is 1. The molecule has 0 aromatic heterocycles. The Morgan fingerprint density at radius 1 is 1.40 bits per heavy atom. The third-order valence-electron chi connectivity index (χ3n) is 1.83. The van der Waals surface area contributed by atoms with Crippen LogP contribution >= 0.6 is 11.8 Å². The third-order valence-corrected chi connectivity index (χ3v) is 2.56. The van der Waals surface area contributed by atoms with Gasteiger partial charge in [-0.2, -0.15) is 0 Å². The number of rotatable bonds is 9. The van der Waals surface area contributed by atoms with Crippen molar-refractivity contribution in [2.45, 2.75) is 19.4 Å². The van der Waals surface area contributed by atoms with Gasteiger partial charge in [-0.15, -0.1) is 0 Å². The Morgan fingerprint density at radius 2 is 2.13 bits per heavy atom. The Bertz CT molecular complexity index is 167. The number of hydrogen-bond acceptors (Lipinski definition) is 5. The maximum atomic E-state index is 11.1. The Labute approximate surface area is 96.1 Å². The van der Waals surface area contributed by atoms with Gasteiger partial charge in [0.05, 0.1) is 6.61 Å². The summed E-state index contributed by atoms with van der Waals surface area (Å²) in [6.07, 6.45) is 2.29. The lowest BCUT2D eigenvalue weighted by atomic mass is 10.4. The molecule has 90 valence electrons. The van der Waals surface area contributed by atoms with E-state index < -0.39 is 0 Å². The zero-order valence-electron chi connectivity index (χ0n) is 9.75. The van der Waals surface area contributed by atoms with Crippen molar-refractivity contribution >= 4 is 16.9 Å². The summed E-state index contributed by atoms with van der Waals surface area (Å²) in [6.45, 7) is 4.62. The molecule has 0 aliphatic carbocycles. The van der Waals surface area contributed by atoms with Crippen molar-refractivity contribution in [3.05, 3.63) is 0 Å². The van der Waals surface area contributed by atoms with Crippen LogP contribution in [0, 0.1) is 0 Å². The van der Waals surface area contributed by atoms with E-state index in [0.29, 0.717) is 13.2 Å². The Kier molecular flexibility index (Phi) is 10.3. The van der Waals surface area contributed by atoms with Gasteiger partial charge in [0, 0.05) is 19.8 Å². The van der Waals surface area contributed by atoms with Gasteiger partial charge in [0.1, 0.15) is 6.10 Å². The van der Waals surface area contributed by atoms with E-state index >= 15 is 0 Å². The van der Waals surface area contributed by atoms with Gasteiger partial charge in [-0.05, 0) is 26.6 Å². The van der Waals surface area contributed by atoms with Gasteiger partial charge >= 0.3 is 0 Å². The van der Waals surface area contributed by atoms with Gasteiger partial charge < -0.3 is 14.8 Å². The first-order chi connectivity index (χ1) is 7.22. The summed E-state index contributed by atoms with van der Waals surface area (Å²) in [4.78, 5) is 11.1. The van der Waals surface area contributed by atoms with Crippen LogP contribution in [0.3, 0.4) is 0 Å². The molecule has 0 bridgehead atoms. The van der Waals surface area contributed by atoms with Crippen LogP contribution in [0.5, 0.6) is 0 Å².